The monoisotopic (exact) mass is 531 g/mol. The molecule has 1 unspecified atom stereocenters. The summed E-state index contributed by atoms with van der Waals surface area (Å²) in [5.74, 6) is 2.20. The highest BCUT2D eigenvalue weighted by Crippen LogP contribution is 2.25. The van der Waals surface area contributed by atoms with Gasteiger partial charge in [0.2, 0.25) is 0 Å². The maximum absolute atomic E-state index is 13.1. The number of hydrogen-bond donors (Lipinski definition) is 1. The molecule has 0 aromatic heterocycles. The van der Waals surface area contributed by atoms with Crippen molar-refractivity contribution in [3.63, 3.8) is 0 Å². The summed E-state index contributed by atoms with van der Waals surface area (Å²) >= 11 is 1.84. The molecule has 1 N–H and O–H groups in total. The van der Waals surface area contributed by atoms with Gasteiger partial charge >= 0.3 is 12.1 Å². The van der Waals surface area contributed by atoms with Gasteiger partial charge in [-0.3, -0.25) is 0 Å². The third-order valence-electron chi connectivity index (χ3n) is 5.82. The van der Waals surface area contributed by atoms with Crippen LogP contribution in [-0.2, 0) is 16.0 Å². The molecule has 0 radical (unpaired) electrons. The van der Waals surface area contributed by atoms with Crippen LogP contribution < -0.4 is 9.47 Å². The Hall–Kier alpha value is -2.71. The number of aryl methyl sites for hydroxylation is 3. The molecule has 7 nitrogen and oxygen atoms in total. The Labute approximate surface area is 225 Å². The van der Waals surface area contributed by atoms with Gasteiger partial charge in [-0.2, -0.15) is 11.8 Å². The molecular weight excluding hydrogens is 490 g/mol. The first-order valence-corrected chi connectivity index (χ1v) is 14.1. The van der Waals surface area contributed by atoms with Crippen LogP contribution >= 0.6 is 11.8 Å². The van der Waals surface area contributed by atoms with E-state index < -0.39 is 12.1 Å². The molecule has 0 aliphatic rings. The minimum absolute atomic E-state index is 0.288. The Kier molecular flexibility index (Phi) is 13.4. The lowest BCUT2D eigenvalue weighted by molar-refractivity contribution is -0.149. The highest BCUT2D eigenvalue weighted by Gasteiger charge is 2.19. The summed E-state index contributed by atoms with van der Waals surface area (Å²) in [4.78, 5) is 26.1. The number of aliphatic carboxylic acids is 1. The van der Waals surface area contributed by atoms with Crippen LogP contribution in [0.1, 0.15) is 48.9 Å². The Morgan fingerprint density at radius 2 is 1.68 bits per heavy atom. The average Bonchev–Trinajstić information content (AvgIpc) is 2.85. The van der Waals surface area contributed by atoms with Crippen molar-refractivity contribution in [3.05, 3.63) is 58.7 Å². The quantitative estimate of drug-likeness (QED) is 0.264. The van der Waals surface area contributed by atoms with Gasteiger partial charge in [0.25, 0.3) is 0 Å². The van der Waals surface area contributed by atoms with Crippen LogP contribution in [0.5, 0.6) is 11.5 Å². The smallest absolute Gasteiger partial charge is 0.415 e. The molecule has 8 heteroatoms. The van der Waals surface area contributed by atoms with E-state index in [1.165, 1.54) is 0 Å². The number of thioether (sulfide) groups is 1. The van der Waals surface area contributed by atoms with Crippen molar-refractivity contribution < 1.29 is 28.9 Å². The summed E-state index contributed by atoms with van der Waals surface area (Å²) in [5, 5.41) is 9.28. The third kappa shape index (κ3) is 10.7. The maximum atomic E-state index is 13.1. The van der Waals surface area contributed by atoms with Crippen molar-refractivity contribution in [2.24, 2.45) is 0 Å². The van der Waals surface area contributed by atoms with E-state index in [2.05, 4.69) is 6.92 Å². The molecule has 0 bridgehead atoms. The van der Waals surface area contributed by atoms with Crippen molar-refractivity contribution in [2.45, 2.75) is 60.0 Å². The maximum Gasteiger partial charge on any atom is 0.415 e. The number of unbranched alkanes of at least 4 members (excludes halogenated alkanes) is 1. The standard InChI is InChI=1S/C29H41NO6S/c1-6-8-16-37-17-14-30(29(33)36-27-22(4)18-21(3)19-23(27)5)13-15-35-25-11-9-24(10-12-25)20-26(28(31)32)34-7-2/h9-12,18-19,26H,6-8,13-17,20H2,1-5H3,(H,31,32). The SMILES string of the molecule is CCCCSCCN(CCOc1ccc(CC(OCC)C(=O)O)cc1)C(=O)Oc1c(C)cc(C)cc1C. The van der Waals surface area contributed by atoms with Crippen molar-refractivity contribution in [1.29, 1.82) is 0 Å². The fourth-order valence-electron chi connectivity index (χ4n) is 3.93. The van der Waals surface area contributed by atoms with Gasteiger partial charge in [-0.15, -0.1) is 0 Å². The molecule has 0 spiro atoms. The topological polar surface area (TPSA) is 85.3 Å². The second-order valence-electron chi connectivity index (χ2n) is 9.03. The van der Waals surface area contributed by atoms with Crippen molar-refractivity contribution in [2.75, 3.05) is 37.8 Å². The Balaban J connectivity index is 1.97. The zero-order valence-electron chi connectivity index (χ0n) is 22.7. The van der Waals surface area contributed by atoms with E-state index in [1.54, 1.807) is 11.8 Å². The van der Waals surface area contributed by atoms with E-state index in [1.807, 2.05) is 68.9 Å². The molecule has 1 atom stereocenters. The number of carbonyl (C=O) groups excluding carboxylic acids is 1. The highest BCUT2D eigenvalue weighted by atomic mass is 32.2. The van der Waals surface area contributed by atoms with Gasteiger partial charge in [0.05, 0.1) is 6.54 Å². The average molecular weight is 532 g/mol. The van der Waals surface area contributed by atoms with Gasteiger partial charge < -0.3 is 24.2 Å². The fourth-order valence-corrected chi connectivity index (χ4v) is 4.97. The third-order valence-corrected chi connectivity index (χ3v) is 6.87. The Morgan fingerprint density at radius 1 is 1.00 bits per heavy atom. The predicted octanol–water partition coefficient (Wildman–Crippen LogP) is 6.06. The minimum Gasteiger partial charge on any atom is -0.492 e. The van der Waals surface area contributed by atoms with E-state index in [4.69, 9.17) is 14.2 Å². The number of amides is 1. The van der Waals surface area contributed by atoms with E-state index in [9.17, 15) is 14.7 Å². The Bertz CT molecular complexity index is 971. The fraction of sp³-hybridized carbons (Fsp3) is 0.517. The van der Waals surface area contributed by atoms with Crippen molar-refractivity contribution >= 4 is 23.8 Å². The van der Waals surface area contributed by atoms with Crippen LogP contribution in [-0.4, -0.2) is 66.0 Å². The zero-order valence-corrected chi connectivity index (χ0v) is 23.6. The summed E-state index contributed by atoms with van der Waals surface area (Å²) in [6.45, 7) is 11.5. The summed E-state index contributed by atoms with van der Waals surface area (Å²) in [6, 6.07) is 11.3. The zero-order chi connectivity index (χ0) is 27.2. The number of ether oxygens (including phenoxy) is 3. The molecule has 0 fully saturated rings. The largest absolute Gasteiger partial charge is 0.492 e. The van der Waals surface area contributed by atoms with Gasteiger partial charge in [0.15, 0.2) is 6.10 Å². The molecule has 0 saturated carbocycles. The minimum atomic E-state index is -0.974. The lowest BCUT2D eigenvalue weighted by atomic mass is 10.1. The van der Waals surface area contributed by atoms with Crippen LogP contribution in [0.3, 0.4) is 0 Å². The number of benzene rings is 2. The molecule has 37 heavy (non-hydrogen) atoms. The first-order valence-electron chi connectivity index (χ1n) is 12.9. The summed E-state index contributed by atoms with van der Waals surface area (Å²) in [7, 11) is 0. The molecule has 0 aliphatic carbocycles. The molecular formula is C29H41NO6S. The van der Waals surface area contributed by atoms with Gasteiger partial charge in [-0.05, 0) is 68.7 Å². The highest BCUT2D eigenvalue weighted by molar-refractivity contribution is 7.99. The van der Waals surface area contributed by atoms with Crippen molar-refractivity contribution in [3.8, 4) is 11.5 Å². The molecule has 1 amide bonds. The van der Waals surface area contributed by atoms with Crippen LogP contribution in [0.15, 0.2) is 36.4 Å². The van der Waals surface area contributed by atoms with Gasteiger partial charge in [-0.25, -0.2) is 9.59 Å². The number of carboxylic acids is 1. The normalized spacial score (nSPS) is 11.7. The van der Waals surface area contributed by atoms with Gasteiger partial charge in [0.1, 0.15) is 18.1 Å². The van der Waals surface area contributed by atoms with Gasteiger partial charge in [0, 0.05) is 25.3 Å². The summed E-state index contributed by atoms with van der Waals surface area (Å²) in [6.07, 6.45) is 1.36. The molecule has 0 saturated heterocycles. The first-order chi connectivity index (χ1) is 17.7. The molecule has 0 heterocycles. The van der Waals surface area contributed by atoms with Crippen molar-refractivity contribution in [1.82, 2.24) is 4.90 Å². The molecule has 204 valence electrons. The van der Waals surface area contributed by atoms with Crippen LogP contribution in [0.2, 0.25) is 0 Å². The number of nitrogens with zero attached hydrogens (tertiary/aromatic N) is 1. The van der Waals surface area contributed by atoms with E-state index in [0.717, 1.165) is 46.6 Å². The molecule has 2 rings (SSSR count). The van der Waals surface area contributed by atoms with Crippen LogP contribution in [0.4, 0.5) is 4.79 Å². The van der Waals surface area contributed by atoms with Gasteiger partial charge in [-0.1, -0.05) is 43.2 Å². The summed E-state index contributed by atoms with van der Waals surface area (Å²) < 4.78 is 17.0. The summed E-state index contributed by atoms with van der Waals surface area (Å²) in [5.41, 5.74) is 3.86. The van der Waals surface area contributed by atoms with Crippen LogP contribution in [0.25, 0.3) is 0 Å². The lowest BCUT2D eigenvalue weighted by Crippen LogP contribution is -2.38. The van der Waals surface area contributed by atoms with Crippen LogP contribution in [0, 0.1) is 20.8 Å². The van der Waals surface area contributed by atoms with E-state index in [-0.39, 0.29) is 12.5 Å². The molecule has 0 aliphatic heterocycles. The molecule has 2 aromatic carbocycles. The second kappa shape index (κ2) is 16.2. The number of carboxylic acid groups (broad SMARTS) is 1. The number of hydrogen-bond acceptors (Lipinski definition) is 6. The molecule has 2 aromatic rings. The number of carbonyl (C=O) groups is 2. The predicted molar refractivity (Wildman–Crippen MR) is 149 cm³/mol. The van der Waals surface area contributed by atoms with E-state index in [0.29, 0.717) is 37.8 Å². The first kappa shape index (κ1) is 30.5. The second-order valence-corrected chi connectivity index (χ2v) is 10.3. The Morgan fingerprint density at radius 3 is 2.27 bits per heavy atom. The lowest BCUT2D eigenvalue weighted by Gasteiger charge is -2.23. The number of rotatable bonds is 16. The van der Waals surface area contributed by atoms with E-state index >= 15 is 0 Å².